The van der Waals surface area contributed by atoms with Crippen molar-refractivity contribution in [1.29, 1.82) is 0 Å². The second-order valence-corrected chi connectivity index (χ2v) is 8.49. The minimum Gasteiger partial charge on any atom is -0.383 e. The lowest BCUT2D eigenvalue weighted by molar-refractivity contribution is -0.133. The van der Waals surface area contributed by atoms with Gasteiger partial charge in [-0.25, -0.2) is 0 Å². The number of ether oxygens (including phenoxy) is 1. The second kappa shape index (κ2) is 7.88. The number of rotatable bonds is 6. The van der Waals surface area contributed by atoms with Crippen LogP contribution in [0.2, 0.25) is 0 Å². The van der Waals surface area contributed by atoms with Gasteiger partial charge in [0.2, 0.25) is 5.91 Å². The summed E-state index contributed by atoms with van der Waals surface area (Å²) in [5, 5.41) is 11.2. The third-order valence-corrected chi connectivity index (χ3v) is 5.11. The van der Waals surface area contributed by atoms with E-state index >= 15 is 0 Å². The Hall–Kier alpha value is -2.09. The van der Waals surface area contributed by atoms with E-state index in [1.807, 2.05) is 22.0 Å². The number of methoxy groups -OCH3 is 1. The quantitative estimate of drug-likeness (QED) is 0.778. The minimum atomic E-state index is -0.247. The van der Waals surface area contributed by atoms with E-state index in [2.05, 4.69) is 48.4 Å². The number of nitrogens with one attached hydrogen (secondary N) is 2. The minimum absolute atomic E-state index is 0.000668. The van der Waals surface area contributed by atoms with Crippen LogP contribution in [0.1, 0.15) is 45.7 Å². The number of aromatic nitrogens is 2. The molecule has 3 heterocycles. The van der Waals surface area contributed by atoms with E-state index in [0.717, 1.165) is 18.1 Å². The molecule has 1 aromatic rings. The van der Waals surface area contributed by atoms with E-state index in [1.165, 1.54) is 0 Å². The van der Waals surface area contributed by atoms with E-state index in [1.54, 1.807) is 7.11 Å². The van der Waals surface area contributed by atoms with Crippen molar-refractivity contribution in [2.45, 2.75) is 58.3 Å². The largest absolute Gasteiger partial charge is 0.383 e. The van der Waals surface area contributed by atoms with Crippen LogP contribution in [0.3, 0.4) is 0 Å². The van der Waals surface area contributed by atoms with Gasteiger partial charge in [-0.3, -0.25) is 14.5 Å². The van der Waals surface area contributed by atoms with Gasteiger partial charge in [0.1, 0.15) is 0 Å². The topological polar surface area (TPSA) is 83.8 Å². The van der Waals surface area contributed by atoms with Gasteiger partial charge in [0, 0.05) is 49.3 Å². The van der Waals surface area contributed by atoms with Crippen LogP contribution >= 0.6 is 0 Å². The van der Waals surface area contributed by atoms with Crippen LogP contribution in [0.4, 0.5) is 0 Å². The Morgan fingerprint density at radius 2 is 2.19 bits per heavy atom. The highest BCUT2D eigenvalue weighted by Crippen LogP contribution is 2.42. The molecule has 27 heavy (non-hydrogen) atoms. The molecule has 1 aromatic heterocycles. The molecule has 1 fully saturated rings. The summed E-state index contributed by atoms with van der Waals surface area (Å²) in [6, 6.07) is 0.360. The summed E-state index contributed by atoms with van der Waals surface area (Å²) in [6.07, 6.45) is 4.46. The van der Waals surface area contributed by atoms with Crippen molar-refractivity contribution in [2.75, 3.05) is 26.8 Å². The molecule has 0 aliphatic carbocycles. The zero-order valence-corrected chi connectivity index (χ0v) is 17.0. The Morgan fingerprint density at radius 3 is 2.81 bits per heavy atom. The van der Waals surface area contributed by atoms with Crippen LogP contribution in [0, 0.1) is 5.92 Å². The van der Waals surface area contributed by atoms with Crippen molar-refractivity contribution in [2.24, 2.45) is 10.9 Å². The summed E-state index contributed by atoms with van der Waals surface area (Å²) >= 11 is 0. The molecule has 0 bridgehead atoms. The van der Waals surface area contributed by atoms with E-state index in [9.17, 15) is 4.79 Å². The number of hydrogen-bond donors (Lipinski definition) is 2. The van der Waals surface area contributed by atoms with Crippen molar-refractivity contribution in [3.8, 4) is 0 Å². The fraction of sp³-hybridized carbons (Fsp3) is 0.737. The molecular formula is C19H32N6O2. The van der Waals surface area contributed by atoms with Gasteiger partial charge in [-0.15, -0.1) is 0 Å². The van der Waals surface area contributed by atoms with Gasteiger partial charge in [0.25, 0.3) is 0 Å². The summed E-state index contributed by atoms with van der Waals surface area (Å²) in [5.41, 5.74) is 0.830. The molecule has 2 aliphatic heterocycles. The van der Waals surface area contributed by atoms with Crippen LogP contribution in [0.15, 0.2) is 17.4 Å². The Morgan fingerprint density at radius 1 is 1.41 bits per heavy atom. The SMILES string of the molecule is COCCn1cc([C@H]2[C@H](CNC3=NCC(C)N3)CC(=O)N2C(C)(C)C)cn1. The third kappa shape index (κ3) is 4.43. The number of likely N-dealkylation sites (tertiary alicyclic amines) is 1. The standard InChI is InChI=1S/C19H32N6O2/c1-13-9-20-18(23-13)21-10-14-8-16(26)25(19(2,3)4)17(14)15-11-22-24(12-15)6-7-27-5/h11-14,17H,6-10H2,1-5H3,(H2,20,21,23)/t13?,14-,17+/m0/s1. The summed E-state index contributed by atoms with van der Waals surface area (Å²) in [7, 11) is 1.68. The first-order valence-electron chi connectivity index (χ1n) is 9.68. The number of carbonyl (C=O) groups is 1. The molecule has 8 heteroatoms. The number of aliphatic imine (C=N–C) groups is 1. The van der Waals surface area contributed by atoms with Crippen LogP contribution in [0.25, 0.3) is 0 Å². The number of nitrogens with zero attached hydrogens (tertiary/aromatic N) is 4. The number of guanidine groups is 1. The number of hydrogen-bond acceptors (Lipinski definition) is 6. The molecule has 0 aromatic carbocycles. The molecule has 1 amide bonds. The van der Waals surface area contributed by atoms with Crippen LogP contribution in [-0.4, -0.2) is 64.9 Å². The lowest BCUT2D eigenvalue weighted by Gasteiger charge is -2.38. The monoisotopic (exact) mass is 376 g/mol. The van der Waals surface area contributed by atoms with Crippen molar-refractivity contribution >= 4 is 11.9 Å². The predicted molar refractivity (Wildman–Crippen MR) is 104 cm³/mol. The maximum absolute atomic E-state index is 12.8. The summed E-state index contributed by atoms with van der Waals surface area (Å²) in [6.45, 7) is 11.2. The molecule has 1 unspecified atom stereocenters. The van der Waals surface area contributed by atoms with Gasteiger partial charge in [0.05, 0.1) is 31.9 Å². The molecule has 0 saturated carbocycles. The highest BCUT2D eigenvalue weighted by atomic mass is 16.5. The van der Waals surface area contributed by atoms with E-state index in [0.29, 0.717) is 32.2 Å². The van der Waals surface area contributed by atoms with Gasteiger partial charge in [0.15, 0.2) is 5.96 Å². The molecule has 0 spiro atoms. The Kier molecular flexibility index (Phi) is 5.74. The number of amides is 1. The van der Waals surface area contributed by atoms with E-state index < -0.39 is 0 Å². The van der Waals surface area contributed by atoms with Gasteiger partial charge in [-0.1, -0.05) is 0 Å². The molecule has 0 radical (unpaired) electrons. The lowest BCUT2D eigenvalue weighted by atomic mass is 9.93. The molecule has 2 aliphatic rings. The smallest absolute Gasteiger partial charge is 0.223 e. The van der Waals surface area contributed by atoms with Gasteiger partial charge >= 0.3 is 0 Å². The van der Waals surface area contributed by atoms with Crippen molar-refractivity contribution in [3.63, 3.8) is 0 Å². The zero-order chi connectivity index (χ0) is 19.6. The van der Waals surface area contributed by atoms with E-state index in [-0.39, 0.29) is 23.4 Å². The first-order valence-corrected chi connectivity index (χ1v) is 9.68. The molecule has 8 nitrogen and oxygen atoms in total. The first-order chi connectivity index (χ1) is 12.8. The maximum Gasteiger partial charge on any atom is 0.223 e. The summed E-state index contributed by atoms with van der Waals surface area (Å²) in [4.78, 5) is 19.3. The van der Waals surface area contributed by atoms with Gasteiger partial charge < -0.3 is 20.3 Å². The summed E-state index contributed by atoms with van der Waals surface area (Å²) in [5.74, 6) is 1.19. The highest BCUT2D eigenvalue weighted by molar-refractivity contribution is 5.83. The van der Waals surface area contributed by atoms with Crippen molar-refractivity contribution < 1.29 is 9.53 Å². The molecule has 150 valence electrons. The Labute approximate surface area is 161 Å². The van der Waals surface area contributed by atoms with Crippen LogP contribution in [0.5, 0.6) is 0 Å². The number of carbonyl (C=O) groups excluding carboxylic acids is 1. The fourth-order valence-electron chi connectivity index (χ4n) is 3.92. The Balaban J connectivity index is 1.78. The normalized spacial score (nSPS) is 25.7. The van der Waals surface area contributed by atoms with Gasteiger partial charge in [-0.2, -0.15) is 5.10 Å². The van der Waals surface area contributed by atoms with E-state index in [4.69, 9.17) is 4.74 Å². The molecular weight excluding hydrogens is 344 g/mol. The fourth-order valence-corrected chi connectivity index (χ4v) is 3.92. The molecule has 2 N–H and O–H groups in total. The van der Waals surface area contributed by atoms with Gasteiger partial charge in [-0.05, 0) is 27.7 Å². The third-order valence-electron chi connectivity index (χ3n) is 5.11. The zero-order valence-electron chi connectivity index (χ0n) is 17.0. The summed E-state index contributed by atoms with van der Waals surface area (Å²) < 4.78 is 7.03. The van der Waals surface area contributed by atoms with Crippen LogP contribution in [-0.2, 0) is 16.1 Å². The Bertz CT molecular complexity index is 693. The average molecular weight is 377 g/mol. The average Bonchev–Trinajstić information content (AvgIpc) is 3.28. The molecule has 3 atom stereocenters. The highest BCUT2D eigenvalue weighted by Gasteiger charge is 2.45. The van der Waals surface area contributed by atoms with Crippen molar-refractivity contribution in [1.82, 2.24) is 25.3 Å². The van der Waals surface area contributed by atoms with Crippen LogP contribution < -0.4 is 10.6 Å². The maximum atomic E-state index is 12.8. The second-order valence-electron chi connectivity index (χ2n) is 8.49. The lowest BCUT2D eigenvalue weighted by Crippen LogP contribution is -2.45. The van der Waals surface area contributed by atoms with Crippen molar-refractivity contribution in [3.05, 3.63) is 18.0 Å². The first kappa shape index (κ1) is 19.7. The molecule has 1 saturated heterocycles. The molecule has 3 rings (SSSR count). The predicted octanol–water partition coefficient (Wildman–Crippen LogP) is 1.15.